The number of methoxy groups -OCH3 is 1. The number of carbonyl (C=O) groups excluding carboxylic acids is 2. The fourth-order valence-electron chi connectivity index (χ4n) is 4.15. The summed E-state index contributed by atoms with van der Waals surface area (Å²) in [5.41, 5.74) is 3.10. The van der Waals surface area contributed by atoms with Gasteiger partial charge < -0.3 is 20.7 Å². The zero-order valence-electron chi connectivity index (χ0n) is 21.0. The minimum Gasteiger partial charge on any atom is -0.495 e. The molecule has 0 aliphatic carbocycles. The zero-order chi connectivity index (χ0) is 27.9. The molecule has 3 N–H and O–H groups in total. The van der Waals surface area contributed by atoms with Gasteiger partial charge in [-0.3, -0.25) is 9.59 Å². The van der Waals surface area contributed by atoms with Crippen molar-refractivity contribution in [3.8, 4) is 11.8 Å². The average Bonchev–Trinajstić information content (AvgIpc) is 2.94. The number of hydrogen-bond acceptors (Lipinski definition) is 6. The standard InChI is InChI=1S/C29H24Cl2N4O3S/c1-17-26(28(37)35-23-10-6-7-11-24(23)38-2)27(18-8-4-3-5-9-18)20(15-32)29(33-17)39-16-25(36)34-19-12-13-21(30)22(31)14-19/h3-14,27,33H,16H2,1-2H3,(H,34,36)(H,35,37)/t27-/m0/s1. The molecule has 3 aromatic rings. The second-order valence-corrected chi connectivity index (χ2v) is 10.3. The van der Waals surface area contributed by atoms with Crippen LogP contribution in [-0.2, 0) is 9.59 Å². The Labute approximate surface area is 240 Å². The highest BCUT2D eigenvalue weighted by Gasteiger charge is 2.35. The molecular formula is C29H24Cl2N4O3S. The number of nitrogens with zero attached hydrogens (tertiary/aromatic N) is 1. The number of para-hydroxylation sites is 2. The van der Waals surface area contributed by atoms with Gasteiger partial charge in [0, 0.05) is 17.0 Å². The second kappa shape index (κ2) is 12.8. The van der Waals surface area contributed by atoms with Gasteiger partial charge in [0.25, 0.3) is 5.91 Å². The van der Waals surface area contributed by atoms with Crippen LogP contribution in [-0.4, -0.2) is 24.7 Å². The summed E-state index contributed by atoms with van der Waals surface area (Å²) in [6.45, 7) is 1.78. The Balaban J connectivity index is 1.61. The number of nitriles is 1. The highest BCUT2D eigenvalue weighted by molar-refractivity contribution is 8.03. The summed E-state index contributed by atoms with van der Waals surface area (Å²) >= 11 is 13.2. The molecule has 1 aliphatic rings. The molecule has 1 heterocycles. The molecular weight excluding hydrogens is 555 g/mol. The first-order valence-corrected chi connectivity index (χ1v) is 13.6. The van der Waals surface area contributed by atoms with E-state index >= 15 is 0 Å². The van der Waals surface area contributed by atoms with Gasteiger partial charge in [-0.2, -0.15) is 5.26 Å². The Morgan fingerprint density at radius 3 is 2.44 bits per heavy atom. The van der Waals surface area contributed by atoms with Crippen LogP contribution in [0.25, 0.3) is 0 Å². The van der Waals surface area contributed by atoms with E-state index in [-0.39, 0.29) is 17.6 Å². The highest BCUT2D eigenvalue weighted by Crippen LogP contribution is 2.41. The van der Waals surface area contributed by atoms with E-state index in [1.807, 2.05) is 36.4 Å². The molecule has 10 heteroatoms. The average molecular weight is 580 g/mol. The van der Waals surface area contributed by atoms with E-state index in [2.05, 4.69) is 22.0 Å². The van der Waals surface area contributed by atoms with Crippen molar-refractivity contribution in [3.63, 3.8) is 0 Å². The number of halogens is 2. The van der Waals surface area contributed by atoms with Crippen LogP contribution in [0, 0.1) is 11.3 Å². The Morgan fingerprint density at radius 1 is 1.03 bits per heavy atom. The number of thioether (sulfide) groups is 1. The number of allylic oxidation sites excluding steroid dienone is 2. The van der Waals surface area contributed by atoms with Gasteiger partial charge in [-0.25, -0.2) is 0 Å². The molecule has 0 unspecified atom stereocenters. The number of nitrogens with one attached hydrogen (secondary N) is 3. The normalized spacial score (nSPS) is 14.8. The van der Waals surface area contributed by atoms with Crippen LogP contribution in [0.15, 0.2) is 94.7 Å². The predicted molar refractivity (Wildman–Crippen MR) is 157 cm³/mol. The lowest BCUT2D eigenvalue weighted by atomic mass is 9.82. The Morgan fingerprint density at radius 2 is 1.74 bits per heavy atom. The molecule has 4 rings (SSSR count). The van der Waals surface area contributed by atoms with Crippen LogP contribution in [0.1, 0.15) is 18.4 Å². The first kappa shape index (κ1) is 28.1. The van der Waals surface area contributed by atoms with Gasteiger partial charge in [0.2, 0.25) is 5.91 Å². The van der Waals surface area contributed by atoms with Crippen LogP contribution < -0.4 is 20.7 Å². The number of benzene rings is 3. The predicted octanol–water partition coefficient (Wildman–Crippen LogP) is 6.71. The molecule has 0 aromatic heterocycles. The molecule has 1 aliphatic heterocycles. The molecule has 0 saturated carbocycles. The van der Waals surface area contributed by atoms with Crippen LogP contribution in [0.5, 0.6) is 5.75 Å². The second-order valence-electron chi connectivity index (χ2n) is 8.48. The Hall–Kier alpha value is -3.90. The third kappa shape index (κ3) is 6.58. The Bertz CT molecular complexity index is 1520. The number of ether oxygens (including phenoxy) is 1. The van der Waals surface area contributed by atoms with Gasteiger partial charge in [0.1, 0.15) is 5.75 Å². The molecule has 0 fully saturated rings. The third-order valence-corrected chi connectivity index (χ3v) is 7.69. The summed E-state index contributed by atoms with van der Waals surface area (Å²) in [6.07, 6.45) is 0. The van der Waals surface area contributed by atoms with Crippen LogP contribution in [0.2, 0.25) is 10.0 Å². The fraction of sp³-hybridized carbons (Fsp3) is 0.138. The van der Waals surface area contributed by atoms with E-state index in [0.717, 1.165) is 5.56 Å². The minimum absolute atomic E-state index is 0.0191. The lowest BCUT2D eigenvalue weighted by Crippen LogP contribution is -2.31. The first-order valence-electron chi connectivity index (χ1n) is 11.8. The molecule has 7 nitrogen and oxygen atoms in total. The minimum atomic E-state index is -0.646. The van der Waals surface area contributed by atoms with Gasteiger partial charge in [-0.1, -0.05) is 77.4 Å². The zero-order valence-corrected chi connectivity index (χ0v) is 23.4. The molecule has 0 saturated heterocycles. The number of rotatable bonds is 8. The summed E-state index contributed by atoms with van der Waals surface area (Å²) in [7, 11) is 1.53. The van der Waals surface area contributed by atoms with Gasteiger partial charge in [0.15, 0.2) is 0 Å². The van der Waals surface area contributed by atoms with E-state index in [1.54, 1.807) is 43.3 Å². The van der Waals surface area contributed by atoms with Crippen molar-refractivity contribution in [1.29, 1.82) is 5.26 Å². The van der Waals surface area contributed by atoms with E-state index in [0.29, 0.717) is 49.0 Å². The SMILES string of the molecule is COc1ccccc1NC(=O)C1=C(C)NC(SCC(=O)Nc2ccc(Cl)c(Cl)c2)=C(C#N)[C@@H]1c1ccccc1. The summed E-state index contributed by atoms with van der Waals surface area (Å²) in [5, 5.41) is 20.4. The Kier molecular flexibility index (Phi) is 9.20. The summed E-state index contributed by atoms with van der Waals surface area (Å²) in [5.74, 6) is -0.766. The molecule has 0 spiro atoms. The van der Waals surface area contributed by atoms with Crippen molar-refractivity contribution in [1.82, 2.24) is 5.32 Å². The largest absolute Gasteiger partial charge is 0.495 e. The maximum absolute atomic E-state index is 13.6. The van der Waals surface area contributed by atoms with Gasteiger partial charge in [-0.05, 0) is 42.8 Å². The van der Waals surface area contributed by atoms with Crippen LogP contribution in [0.3, 0.4) is 0 Å². The van der Waals surface area contributed by atoms with E-state index in [9.17, 15) is 14.9 Å². The van der Waals surface area contributed by atoms with Crippen molar-refractivity contribution in [3.05, 3.63) is 110 Å². The summed E-state index contributed by atoms with van der Waals surface area (Å²) in [4.78, 5) is 26.3. The van der Waals surface area contributed by atoms with Crippen molar-refractivity contribution in [2.75, 3.05) is 23.5 Å². The smallest absolute Gasteiger partial charge is 0.254 e. The monoisotopic (exact) mass is 578 g/mol. The molecule has 0 radical (unpaired) electrons. The molecule has 198 valence electrons. The molecule has 0 bridgehead atoms. The highest BCUT2D eigenvalue weighted by atomic mass is 35.5. The molecule has 2 amide bonds. The first-order chi connectivity index (χ1) is 18.8. The number of anilines is 2. The number of hydrogen-bond donors (Lipinski definition) is 3. The molecule has 39 heavy (non-hydrogen) atoms. The van der Waals surface area contributed by atoms with Gasteiger partial charge >= 0.3 is 0 Å². The topological polar surface area (TPSA) is 103 Å². The number of carbonyl (C=O) groups is 2. The van der Waals surface area contributed by atoms with E-state index in [4.69, 9.17) is 27.9 Å². The van der Waals surface area contributed by atoms with Crippen molar-refractivity contribution >= 4 is 58.2 Å². The fourth-order valence-corrected chi connectivity index (χ4v) is 5.34. The van der Waals surface area contributed by atoms with E-state index in [1.165, 1.54) is 18.9 Å². The maximum atomic E-state index is 13.6. The quantitative estimate of drug-likeness (QED) is 0.274. The van der Waals surface area contributed by atoms with Crippen LogP contribution >= 0.6 is 35.0 Å². The lowest BCUT2D eigenvalue weighted by Gasteiger charge is -2.30. The van der Waals surface area contributed by atoms with Crippen molar-refractivity contribution in [2.24, 2.45) is 0 Å². The lowest BCUT2D eigenvalue weighted by molar-refractivity contribution is -0.114. The van der Waals surface area contributed by atoms with Crippen molar-refractivity contribution < 1.29 is 14.3 Å². The van der Waals surface area contributed by atoms with Gasteiger partial charge in [-0.15, -0.1) is 0 Å². The maximum Gasteiger partial charge on any atom is 0.254 e. The third-order valence-electron chi connectivity index (χ3n) is 5.93. The molecule has 3 aromatic carbocycles. The van der Waals surface area contributed by atoms with Crippen molar-refractivity contribution in [2.45, 2.75) is 12.8 Å². The summed E-state index contributed by atoms with van der Waals surface area (Å²) < 4.78 is 5.38. The number of amides is 2. The number of dihydropyridines is 1. The van der Waals surface area contributed by atoms with Crippen LogP contribution in [0.4, 0.5) is 11.4 Å². The molecule has 1 atom stereocenters. The van der Waals surface area contributed by atoms with Gasteiger partial charge in [0.05, 0.1) is 51.2 Å². The van der Waals surface area contributed by atoms with E-state index < -0.39 is 5.92 Å². The summed E-state index contributed by atoms with van der Waals surface area (Å²) in [6, 6.07) is 23.5.